The Morgan fingerprint density at radius 2 is 1.86 bits per heavy atom. The largest absolute Gasteiger partial charge is 0.494 e. The lowest BCUT2D eigenvalue weighted by Crippen LogP contribution is -2.17. The summed E-state index contributed by atoms with van der Waals surface area (Å²) in [6, 6.07) is 14.1. The van der Waals surface area contributed by atoms with Crippen molar-refractivity contribution in [1.29, 1.82) is 0 Å². The Morgan fingerprint density at radius 1 is 1.07 bits per heavy atom. The highest BCUT2D eigenvalue weighted by Gasteiger charge is 2.13. The second-order valence-corrected chi connectivity index (χ2v) is 7.11. The van der Waals surface area contributed by atoms with Crippen LogP contribution in [-0.2, 0) is 14.3 Å². The SMILES string of the molecule is CCOc1ccc2nc(NC(=O)CCC(=O)OCC(=O)c3ccccc3)sc2c1. The van der Waals surface area contributed by atoms with E-state index in [1.165, 1.54) is 11.3 Å². The molecule has 0 unspecified atom stereocenters. The fourth-order valence-corrected chi connectivity index (χ4v) is 3.45. The number of aromatic nitrogens is 1. The van der Waals surface area contributed by atoms with Gasteiger partial charge < -0.3 is 14.8 Å². The molecule has 0 spiro atoms. The quantitative estimate of drug-likeness (QED) is 0.424. The lowest BCUT2D eigenvalue weighted by molar-refractivity contribution is -0.143. The van der Waals surface area contributed by atoms with E-state index in [-0.39, 0.29) is 31.1 Å². The Hall–Kier alpha value is -3.26. The minimum absolute atomic E-state index is 0.0571. The third-order valence-electron chi connectivity index (χ3n) is 3.93. The molecule has 1 aromatic heterocycles. The third-order valence-corrected chi connectivity index (χ3v) is 4.87. The summed E-state index contributed by atoms with van der Waals surface area (Å²) in [6.45, 7) is 2.14. The van der Waals surface area contributed by atoms with Gasteiger partial charge in [0.05, 0.1) is 23.2 Å². The van der Waals surface area contributed by atoms with Crippen LogP contribution in [0.2, 0.25) is 0 Å². The highest BCUT2D eigenvalue weighted by Crippen LogP contribution is 2.29. The monoisotopic (exact) mass is 412 g/mol. The van der Waals surface area contributed by atoms with Crippen LogP contribution in [0, 0.1) is 0 Å². The van der Waals surface area contributed by atoms with Gasteiger partial charge in [0.2, 0.25) is 5.91 Å². The van der Waals surface area contributed by atoms with Crippen LogP contribution in [-0.4, -0.2) is 35.9 Å². The minimum atomic E-state index is -0.602. The van der Waals surface area contributed by atoms with Crippen molar-refractivity contribution in [3.8, 4) is 5.75 Å². The van der Waals surface area contributed by atoms with Crippen LogP contribution in [0.1, 0.15) is 30.1 Å². The molecule has 1 N–H and O–H groups in total. The number of ether oxygens (including phenoxy) is 2. The molecule has 7 nitrogen and oxygen atoms in total. The molecule has 0 fully saturated rings. The lowest BCUT2D eigenvalue weighted by Gasteiger charge is -2.04. The average molecular weight is 412 g/mol. The molecular weight excluding hydrogens is 392 g/mol. The van der Waals surface area contributed by atoms with E-state index in [9.17, 15) is 14.4 Å². The Bertz CT molecular complexity index is 1020. The van der Waals surface area contributed by atoms with E-state index >= 15 is 0 Å². The van der Waals surface area contributed by atoms with Gasteiger partial charge in [-0.3, -0.25) is 14.4 Å². The molecule has 3 aromatic rings. The standard InChI is InChI=1S/C21H20N2O5S/c1-2-27-15-8-9-16-18(12-15)29-21(22-16)23-19(25)10-11-20(26)28-13-17(24)14-6-4-3-5-7-14/h3-9,12H,2,10-11,13H2,1H3,(H,22,23,25). The van der Waals surface area contributed by atoms with Gasteiger partial charge in [0, 0.05) is 12.0 Å². The maximum atomic E-state index is 12.1. The fourth-order valence-electron chi connectivity index (χ4n) is 2.54. The zero-order valence-electron chi connectivity index (χ0n) is 15.8. The first-order chi connectivity index (χ1) is 14.0. The fraction of sp³-hybridized carbons (Fsp3) is 0.238. The summed E-state index contributed by atoms with van der Waals surface area (Å²) in [7, 11) is 0. The zero-order chi connectivity index (χ0) is 20.6. The highest BCUT2D eigenvalue weighted by atomic mass is 32.1. The number of carbonyl (C=O) groups is 3. The summed E-state index contributed by atoms with van der Waals surface area (Å²) in [5.74, 6) is -0.492. The smallest absolute Gasteiger partial charge is 0.306 e. The first-order valence-corrected chi connectivity index (χ1v) is 9.94. The van der Waals surface area contributed by atoms with Gasteiger partial charge in [-0.15, -0.1) is 0 Å². The van der Waals surface area contributed by atoms with E-state index in [0.29, 0.717) is 17.3 Å². The molecule has 0 saturated heterocycles. The number of nitrogens with one attached hydrogen (secondary N) is 1. The second kappa shape index (κ2) is 9.79. The van der Waals surface area contributed by atoms with Gasteiger partial charge in [0.1, 0.15) is 5.75 Å². The molecule has 0 atom stereocenters. The zero-order valence-corrected chi connectivity index (χ0v) is 16.7. The molecule has 29 heavy (non-hydrogen) atoms. The van der Waals surface area contributed by atoms with Gasteiger partial charge in [-0.2, -0.15) is 0 Å². The van der Waals surface area contributed by atoms with Gasteiger partial charge in [-0.1, -0.05) is 41.7 Å². The van der Waals surface area contributed by atoms with Crippen molar-refractivity contribution in [2.24, 2.45) is 0 Å². The Balaban J connectivity index is 1.45. The first kappa shape index (κ1) is 20.5. The van der Waals surface area contributed by atoms with Gasteiger partial charge in [0.25, 0.3) is 0 Å². The number of amides is 1. The van der Waals surface area contributed by atoms with Crippen LogP contribution >= 0.6 is 11.3 Å². The van der Waals surface area contributed by atoms with Crippen LogP contribution in [0.3, 0.4) is 0 Å². The molecule has 1 amide bonds. The number of hydrogen-bond acceptors (Lipinski definition) is 7. The van der Waals surface area contributed by atoms with Crippen LogP contribution in [0.4, 0.5) is 5.13 Å². The number of nitrogens with zero attached hydrogens (tertiary/aromatic N) is 1. The number of benzene rings is 2. The van der Waals surface area contributed by atoms with Gasteiger partial charge in [0.15, 0.2) is 17.5 Å². The summed E-state index contributed by atoms with van der Waals surface area (Å²) in [5, 5.41) is 3.13. The van der Waals surface area contributed by atoms with Crippen LogP contribution in [0.25, 0.3) is 10.2 Å². The summed E-state index contributed by atoms with van der Waals surface area (Å²) in [5.41, 5.74) is 1.23. The maximum absolute atomic E-state index is 12.1. The first-order valence-electron chi connectivity index (χ1n) is 9.12. The van der Waals surface area contributed by atoms with E-state index < -0.39 is 5.97 Å². The topological polar surface area (TPSA) is 94.6 Å². The molecule has 150 valence electrons. The summed E-state index contributed by atoms with van der Waals surface area (Å²) < 4.78 is 11.3. The predicted octanol–water partition coefficient (Wildman–Crippen LogP) is 3.84. The average Bonchev–Trinajstić information content (AvgIpc) is 3.12. The molecule has 8 heteroatoms. The summed E-state index contributed by atoms with van der Waals surface area (Å²) in [4.78, 5) is 40.1. The van der Waals surface area contributed by atoms with Crippen LogP contribution in [0.5, 0.6) is 5.75 Å². The molecule has 2 aromatic carbocycles. The van der Waals surface area contributed by atoms with E-state index in [1.54, 1.807) is 30.3 Å². The Labute approximate surface area is 171 Å². The van der Waals surface area contributed by atoms with Crippen molar-refractivity contribution in [3.05, 3.63) is 54.1 Å². The van der Waals surface area contributed by atoms with Crippen molar-refractivity contribution >= 4 is 44.3 Å². The number of rotatable bonds is 9. The number of fused-ring (bicyclic) bond motifs is 1. The van der Waals surface area contributed by atoms with E-state index in [1.807, 2.05) is 25.1 Å². The molecule has 0 radical (unpaired) electrons. The molecule has 0 aliphatic carbocycles. The predicted molar refractivity (Wildman–Crippen MR) is 110 cm³/mol. The Kier molecular flexibility index (Phi) is 6.91. The maximum Gasteiger partial charge on any atom is 0.306 e. The number of esters is 1. The highest BCUT2D eigenvalue weighted by molar-refractivity contribution is 7.22. The van der Waals surface area contributed by atoms with Crippen molar-refractivity contribution in [2.75, 3.05) is 18.5 Å². The van der Waals surface area contributed by atoms with Crippen molar-refractivity contribution in [2.45, 2.75) is 19.8 Å². The molecule has 3 rings (SSSR count). The molecule has 0 bridgehead atoms. The molecular formula is C21H20N2O5S. The number of anilines is 1. The van der Waals surface area contributed by atoms with Gasteiger partial charge in [-0.25, -0.2) is 4.98 Å². The number of ketones is 1. The Morgan fingerprint density at radius 3 is 2.62 bits per heavy atom. The summed E-state index contributed by atoms with van der Waals surface area (Å²) in [6.07, 6.45) is -0.175. The molecule has 0 aliphatic heterocycles. The van der Waals surface area contributed by atoms with Crippen LogP contribution in [0.15, 0.2) is 48.5 Å². The van der Waals surface area contributed by atoms with E-state index in [0.717, 1.165) is 16.0 Å². The summed E-state index contributed by atoms with van der Waals surface area (Å²) >= 11 is 1.33. The molecule has 0 aliphatic rings. The van der Waals surface area contributed by atoms with E-state index in [2.05, 4.69) is 10.3 Å². The number of thiazole rings is 1. The van der Waals surface area contributed by atoms with Gasteiger partial charge in [-0.05, 0) is 25.1 Å². The van der Waals surface area contributed by atoms with Crippen molar-refractivity contribution in [1.82, 2.24) is 4.98 Å². The van der Waals surface area contributed by atoms with Crippen molar-refractivity contribution < 1.29 is 23.9 Å². The normalized spacial score (nSPS) is 10.5. The lowest BCUT2D eigenvalue weighted by atomic mass is 10.1. The number of Topliss-reactive ketones (excluding diaryl/α,β-unsaturated/α-hetero) is 1. The van der Waals surface area contributed by atoms with Crippen molar-refractivity contribution in [3.63, 3.8) is 0 Å². The van der Waals surface area contributed by atoms with Gasteiger partial charge >= 0.3 is 5.97 Å². The molecule has 1 heterocycles. The number of hydrogen-bond donors (Lipinski definition) is 1. The third kappa shape index (κ3) is 5.86. The van der Waals surface area contributed by atoms with E-state index in [4.69, 9.17) is 9.47 Å². The minimum Gasteiger partial charge on any atom is -0.494 e. The molecule has 0 saturated carbocycles. The van der Waals surface area contributed by atoms with Crippen LogP contribution < -0.4 is 10.1 Å². The number of carbonyl (C=O) groups excluding carboxylic acids is 3. The second-order valence-electron chi connectivity index (χ2n) is 6.08.